The van der Waals surface area contributed by atoms with Crippen LogP contribution in [0.2, 0.25) is 0 Å². The van der Waals surface area contributed by atoms with Crippen LogP contribution in [-0.4, -0.2) is 11.1 Å². The second kappa shape index (κ2) is 5.02. The van der Waals surface area contributed by atoms with Crippen molar-refractivity contribution < 1.29 is 9.90 Å². The Morgan fingerprint density at radius 1 is 0.941 bits per heavy atom. The highest BCUT2D eigenvalue weighted by Gasteiger charge is 2.11. The summed E-state index contributed by atoms with van der Waals surface area (Å²) in [6.07, 6.45) is 0. The Balaban J connectivity index is 2.58. The number of aromatic carboxylic acids is 1. The lowest BCUT2D eigenvalue weighted by Crippen LogP contribution is -1.99. The zero-order chi connectivity index (χ0) is 12.4. The zero-order valence-electron chi connectivity index (χ0n) is 8.65. The monoisotopic (exact) mass is 354 g/mol. The molecule has 17 heavy (non-hydrogen) atoms. The fourth-order valence-electron chi connectivity index (χ4n) is 1.57. The molecular weight excluding hydrogens is 348 g/mol. The molecule has 0 aliphatic rings. The minimum atomic E-state index is -0.927. The van der Waals surface area contributed by atoms with Gasteiger partial charge in [0.1, 0.15) is 0 Å². The van der Waals surface area contributed by atoms with Gasteiger partial charge in [-0.05, 0) is 35.4 Å². The van der Waals surface area contributed by atoms with E-state index in [9.17, 15) is 9.90 Å². The van der Waals surface area contributed by atoms with Gasteiger partial charge in [-0.1, -0.05) is 50.1 Å². The number of carbonyl (C=O) groups is 1. The molecule has 0 spiro atoms. The van der Waals surface area contributed by atoms with Crippen LogP contribution in [0.3, 0.4) is 0 Å². The molecule has 0 saturated heterocycles. The quantitative estimate of drug-likeness (QED) is 0.856. The van der Waals surface area contributed by atoms with Gasteiger partial charge in [-0.2, -0.15) is 0 Å². The number of rotatable bonds is 2. The lowest BCUT2D eigenvalue weighted by atomic mass is 10.00. The van der Waals surface area contributed by atoms with Gasteiger partial charge in [0.2, 0.25) is 0 Å². The highest BCUT2D eigenvalue weighted by molar-refractivity contribution is 9.10. The van der Waals surface area contributed by atoms with Crippen molar-refractivity contribution >= 4 is 37.8 Å². The standard InChI is InChI=1S/C13H8Br2O2/c14-9-3-1-8(2-4-9)11-6-5-10(15)7-12(11)13(16)17/h1-7H,(H,16,17). The molecule has 2 aromatic rings. The van der Waals surface area contributed by atoms with Crippen LogP contribution in [0.15, 0.2) is 51.4 Å². The molecule has 0 atom stereocenters. The van der Waals surface area contributed by atoms with E-state index in [-0.39, 0.29) is 0 Å². The molecule has 0 heterocycles. The van der Waals surface area contributed by atoms with Crippen LogP contribution >= 0.6 is 31.9 Å². The zero-order valence-corrected chi connectivity index (χ0v) is 11.8. The number of hydrogen-bond donors (Lipinski definition) is 1. The molecule has 0 bridgehead atoms. The third kappa shape index (κ3) is 2.76. The second-order valence-corrected chi connectivity index (χ2v) is 5.33. The first-order valence-corrected chi connectivity index (χ1v) is 6.45. The van der Waals surface area contributed by atoms with Gasteiger partial charge in [-0.25, -0.2) is 4.79 Å². The van der Waals surface area contributed by atoms with E-state index < -0.39 is 5.97 Å². The van der Waals surface area contributed by atoms with Crippen molar-refractivity contribution in [2.45, 2.75) is 0 Å². The highest BCUT2D eigenvalue weighted by atomic mass is 79.9. The third-order valence-corrected chi connectivity index (χ3v) is 3.39. The summed E-state index contributed by atoms with van der Waals surface area (Å²) in [5, 5.41) is 9.18. The Morgan fingerprint density at radius 2 is 1.53 bits per heavy atom. The Morgan fingerprint density at radius 3 is 2.12 bits per heavy atom. The van der Waals surface area contributed by atoms with E-state index in [0.29, 0.717) is 11.1 Å². The first-order valence-electron chi connectivity index (χ1n) is 4.87. The van der Waals surface area contributed by atoms with E-state index in [2.05, 4.69) is 31.9 Å². The van der Waals surface area contributed by atoms with Crippen LogP contribution < -0.4 is 0 Å². The molecule has 4 heteroatoms. The number of halogens is 2. The van der Waals surface area contributed by atoms with Gasteiger partial charge in [0.15, 0.2) is 0 Å². The van der Waals surface area contributed by atoms with Crippen LogP contribution in [-0.2, 0) is 0 Å². The number of benzene rings is 2. The van der Waals surface area contributed by atoms with Gasteiger partial charge in [0.05, 0.1) is 5.56 Å². The summed E-state index contributed by atoms with van der Waals surface area (Å²) >= 11 is 6.63. The summed E-state index contributed by atoms with van der Waals surface area (Å²) in [6.45, 7) is 0. The lowest BCUT2D eigenvalue weighted by molar-refractivity contribution is 0.0697. The maximum Gasteiger partial charge on any atom is 0.336 e. The van der Waals surface area contributed by atoms with Crippen LogP contribution in [0.5, 0.6) is 0 Å². The second-order valence-electron chi connectivity index (χ2n) is 3.50. The van der Waals surface area contributed by atoms with Gasteiger partial charge in [0.25, 0.3) is 0 Å². The predicted molar refractivity (Wildman–Crippen MR) is 74.2 cm³/mol. The molecule has 2 aromatic carbocycles. The van der Waals surface area contributed by atoms with E-state index in [1.807, 2.05) is 30.3 Å². The van der Waals surface area contributed by atoms with E-state index in [1.165, 1.54) is 0 Å². The Labute approximate surface area is 116 Å². The molecule has 86 valence electrons. The predicted octanol–water partition coefficient (Wildman–Crippen LogP) is 4.58. The number of carboxylic acids is 1. The summed E-state index contributed by atoms with van der Waals surface area (Å²) in [5.74, 6) is -0.927. The third-order valence-electron chi connectivity index (χ3n) is 2.37. The summed E-state index contributed by atoms with van der Waals surface area (Å²) in [6, 6.07) is 12.8. The molecule has 0 unspecified atom stereocenters. The van der Waals surface area contributed by atoms with Crippen LogP contribution in [0.4, 0.5) is 0 Å². The fourth-order valence-corrected chi connectivity index (χ4v) is 2.20. The van der Waals surface area contributed by atoms with Crippen LogP contribution in [0.25, 0.3) is 11.1 Å². The summed E-state index contributed by atoms with van der Waals surface area (Å²) < 4.78 is 1.73. The van der Waals surface area contributed by atoms with Gasteiger partial charge < -0.3 is 5.11 Å². The van der Waals surface area contributed by atoms with Gasteiger partial charge >= 0.3 is 5.97 Å². The van der Waals surface area contributed by atoms with Crippen LogP contribution in [0.1, 0.15) is 10.4 Å². The van der Waals surface area contributed by atoms with Crippen molar-refractivity contribution in [3.8, 4) is 11.1 Å². The van der Waals surface area contributed by atoms with Gasteiger partial charge in [-0.3, -0.25) is 0 Å². The molecule has 0 aromatic heterocycles. The average molecular weight is 356 g/mol. The normalized spacial score (nSPS) is 10.2. The van der Waals surface area contributed by atoms with Crippen molar-refractivity contribution in [2.24, 2.45) is 0 Å². The fraction of sp³-hybridized carbons (Fsp3) is 0. The first kappa shape index (κ1) is 12.3. The SMILES string of the molecule is O=C(O)c1cc(Br)ccc1-c1ccc(Br)cc1. The van der Waals surface area contributed by atoms with Gasteiger partial charge in [0, 0.05) is 8.95 Å². The molecule has 0 radical (unpaired) electrons. The van der Waals surface area contributed by atoms with E-state index >= 15 is 0 Å². The lowest BCUT2D eigenvalue weighted by Gasteiger charge is -2.07. The minimum absolute atomic E-state index is 0.293. The molecule has 0 aliphatic carbocycles. The summed E-state index contributed by atoms with van der Waals surface area (Å²) in [4.78, 5) is 11.2. The van der Waals surface area contributed by atoms with Crippen molar-refractivity contribution in [2.75, 3.05) is 0 Å². The molecule has 2 nitrogen and oxygen atoms in total. The van der Waals surface area contributed by atoms with E-state index in [1.54, 1.807) is 12.1 Å². The van der Waals surface area contributed by atoms with Crippen molar-refractivity contribution in [3.63, 3.8) is 0 Å². The minimum Gasteiger partial charge on any atom is -0.478 e. The van der Waals surface area contributed by atoms with Crippen molar-refractivity contribution in [3.05, 3.63) is 57.0 Å². The largest absolute Gasteiger partial charge is 0.478 e. The molecule has 0 aliphatic heterocycles. The summed E-state index contributed by atoms with van der Waals surface area (Å²) in [5.41, 5.74) is 1.90. The Kier molecular flexibility index (Phi) is 3.64. The highest BCUT2D eigenvalue weighted by Crippen LogP contribution is 2.27. The smallest absolute Gasteiger partial charge is 0.336 e. The van der Waals surface area contributed by atoms with E-state index in [4.69, 9.17) is 0 Å². The Bertz CT molecular complexity index is 562. The maximum absolute atomic E-state index is 11.2. The van der Waals surface area contributed by atoms with Crippen molar-refractivity contribution in [1.82, 2.24) is 0 Å². The molecule has 2 rings (SSSR count). The average Bonchev–Trinajstić information content (AvgIpc) is 2.30. The first-order chi connectivity index (χ1) is 8.08. The maximum atomic E-state index is 11.2. The molecular formula is C13H8Br2O2. The molecule has 0 amide bonds. The Hall–Kier alpha value is -1.13. The molecule has 0 saturated carbocycles. The van der Waals surface area contributed by atoms with Gasteiger partial charge in [-0.15, -0.1) is 0 Å². The van der Waals surface area contributed by atoms with Crippen molar-refractivity contribution in [1.29, 1.82) is 0 Å². The van der Waals surface area contributed by atoms with E-state index in [0.717, 1.165) is 14.5 Å². The topological polar surface area (TPSA) is 37.3 Å². The summed E-state index contributed by atoms with van der Waals surface area (Å²) in [7, 11) is 0. The van der Waals surface area contributed by atoms with Crippen LogP contribution in [0, 0.1) is 0 Å². The molecule has 0 fully saturated rings. The number of carboxylic acid groups (broad SMARTS) is 1. The number of hydrogen-bond acceptors (Lipinski definition) is 1. The molecule has 1 N–H and O–H groups in total.